The number of nitrogens with zero attached hydrogens (tertiary/aromatic N) is 2. The number of hydrogen-bond acceptors (Lipinski definition) is 6. The summed E-state index contributed by atoms with van der Waals surface area (Å²) >= 11 is 1.58. The number of aromatic nitrogens is 1. The number of hydrogen-bond donors (Lipinski definition) is 0. The third kappa shape index (κ3) is 5.29. The second-order valence-corrected chi connectivity index (χ2v) is 7.74. The average Bonchev–Trinajstić information content (AvgIpc) is 3.10. The first-order chi connectivity index (χ1) is 13.0. The average molecular weight is 388 g/mol. The topological polar surface area (TPSA) is 68.7 Å². The van der Waals surface area contributed by atoms with Crippen molar-refractivity contribution in [2.24, 2.45) is 0 Å². The highest BCUT2D eigenvalue weighted by atomic mass is 32.1. The van der Waals surface area contributed by atoms with Crippen LogP contribution in [0.2, 0.25) is 0 Å². The highest BCUT2D eigenvalue weighted by Gasteiger charge is 2.24. The maximum absolute atomic E-state index is 12.2. The Balaban J connectivity index is 1.47. The van der Waals surface area contributed by atoms with E-state index in [0.717, 1.165) is 36.5 Å². The lowest BCUT2D eigenvalue weighted by Crippen LogP contribution is -2.44. The van der Waals surface area contributed by atoms with Gasteiger partial charge in [0.15, 0.2) is 6.61 Å². The highest BCUT2D eigenvalue weighted by molar-refractivity contribution is 7.09. The van der Waals surface area contributed by atoms with E-state index in [9.17, 15) is 9.59 Å². The Hall–Kier alpha value is -2.41. The van der Waals surface area contributed by atoms with Gasteiger partial charge in [-0.3, -0.25) is 4.79 Å². The molecule has 0 N–H and O–H groups in total. The molecule has 1 aromatic heterocycles. The molecule has 1 saturated heterocycles. The van der Waals surface area contributed by atoms with Gasteiger partial charge in [-0.1, -0.05) is 0 Å². The van der Waals surface area contributed by atoms with Crippen LogP contribution in [0.1, 0.15) is 47.2 Å². The number of likely N-dealkylation sites (tertiary alicyclic amines) is 1. The van der Waals surface area contributed by atoms with Gasteiger partial charge in [-0.25, -0.2) is 9.78 Å². The number of rotatable bonds is 6. The first-order valence-corrected chi connectivity index (χ1v) is 10.0. The molecule has 0 radical (unpaired) electrons. The van der Waals surface area contributed by atoms with Crippen molar-refractivity contribution >= 4 is 23.2 Å². The van der Waals surface area contributed by atoms with E-state index in [-0.39, 0.29) is 18.6 Å². The number of benzene rings is 1. The molecular formula is C20H24N2O4S. The number of esters is 1. The van der Waals surface area contributed by atoms with Gasteiger partial charge in [0, 0.05) is 18.0 Å². The van der Waals surface area contributed by atoms with E-state index in [1.54, 1.807) is 40.5 Å². The zero-order chi connectivity index (χ0) is 19.2. The number of carbonyl (C=O) groups is 2. The van der Waals surface area contributed by atoms with Gasteiger partial charge in [0.25, 0.3) is 5.91 Å². The molecule has 1 aliphatic heterocycles. The van der Waals surface area contributed by atoms with Gasteiger partial charge in [-0.05, 0) is 57.4 Å². The van der Waals surface area contributed by atoms with E-state index in [1.165, 1.54) is 0 Å². The molecule has 3 rings (SSSR count). The van der Waals surface area contributed by atoms with Crippen LogP contribution < -0.4 is 4.74 Å². The highest BCUT2D eigenvalue weighted by Crippen LogP contribution is 2.18. The molecule has 27 heavy (non-hydrogen) atoms. The van der Waals surface area contributed by atoms with Crippen molar-refractivity contribution in [2.75, 3.05) is 13.2 Å². The second-order valence-electron chi connectivity index (χ2n) is 6.68. The molecule has 2 aromatic rings. The minimum Gasteiger partial charge on any atom is -0.487 e. The van der Waals surface area contributed by atoms with Crippen LogP contribution in [0.15, 0.2) is 29.6 Å². The molecule has 1 amide bonds. The lowest BCUT2D eigenvalue weighted by atomic mass is 10.0. The molecule has 144 valence electrons. The predicted octanol–water partition coefficient (Wildman–Crippen LogP) is 3.59. The zero-order valence-corrected chi connectivity index (χ0v) is 16.5. The molecular weight excluding hydrogens is 364 g/mol. The summed E-state index contributed by atoms with van der Waals surface area (Å²) < 4.78 is 10.8. The summed E-state index contributed by atoms with van der Waals surface area (Å²) in [6, 6.07) is 6.91. The van der Waals surface area contributed by atoms with Crippen LogP contribution in [0.4, 0.5) is 0 Å². The lowest BCUT2D eigenvalue weighted by Gasteiger charge is -2.33. The van der Waals surface area contributed by atoms with E-state index < -0.39 is 5.97 Å². The summed E-state index contributed by atoms with van der Waals surface area (Å²) in [7, 11) is 0. The Morgan fingerprint density at radius 2 is 2.04 bits per heavy atom. The number of carbonyl (C=O) groups excluding carboxylic acids is 2. The predicted molar refractivity (Wildman–Crippen MR) is 103 cm³/mol. The van der Waals surface area contributed by atoms with E-state index in [2.05, 4.69) is 4.98 Å². The van der Waals surface area contributed by atoms with Crippen molar-refractivity contribution in [1.29, 1.82) is 0 Å². The van der Waals surface area contributed by atoms with Crippen molar-refractivity contribution in [2.45, 2.75) is 45.8 Å². The van der Waals surface area contributed by atoms with Gasteiger partial charge in [0.1, 0.15) is 12.4 Å². The van der Waals surface area contributed by atoms with Crippen LogP contribution in [-0.4, -0.2) is 41.0 Å². The summed E-state index contributed by atoms with van der Waals surface area (Å²) in [4.78, 5) is 30.5. The Morgan fingerprint density at radius 1 is 1.26 bits per heavy atom. The van der Waals surface area contributed by atoms with Gasteiger partial charge in [-0.2, -0.15) is 0 Å². The van der Waals surface area contributed by atoms with Crippen LogP contribution in [0.3, 0.4) is 0 Å². The van der Waals surface area contributed by atoms with Crippen molar-refractivity contribution in [3.8, 4) is 5.75 Å². The number of aryl methyl sites for hydroxylation is 1. The minimum atomic E-state index is -0.505. The summed E-state index contributed by atoms with van der Waals surface area (Å²) in [6.07, 6.45) is 3.15. The van der Waals surface area contributed by atoms with Gasteiger partial charge < -0.3 is 14.4 Å². The third-order valence-electron chi connectivity index (χ3n) is 4.59. The molecule has 2 heterocycles. The Labute approximate surface area is 163 Å². The molecule has 0 bridgehead atoms. The smallest absolute Gasteiger partial charge is 0.338 e. The van der Waals surface area contributed by atoms with Crippen LogP contribution in [0.25, 0.3) is 0 Å². The maximum Gasteiger partial charge on any atom is 0.338 e. The van der Waals surface area contributed by atoms with E-state index >= 15 is 0 Å². The number of amides is 1. The van der Waals surface area contributed by atoms with Crippen molar-refractivity contribution in [3.63, 3.8) is 0 Å². The molecule has 0 unspecified atom stereocenters. The first kappa shape index (κ1) is 19.4. The van der Waals surface area contributed by atoms with Gasteiger partial charge in [0.2, 0.25) is 0 Å². The maximum atomic E-state index is 12.2. The van der Waals surface area contributed by atoms with Gasteiger partial charge in [0.05, 0.1) is 16.3 Å². The minimum absolute atomic E-state index is 0.131. The fourth-order valence-corrected chi connectivity index (χ4v) is 3.68. The summed E-state index contributed by atoms with van der Waals surface area (Å²) in [5.74, 6) is 0.0131. The van der Waals surface area contributed by atoms with E-state index in [0.29, 0.717) is 17.9 Å². The first-order valence-electron chi connectivity index (χ1n) is 9.13. The Morgan fingerprint density at radius 3 is 2.70 bits per heavy atom. The number of piperidine rings is 1. The van der Waals surface area contributed by atoms with Crippen LogP contribution in [0.5, 0.6) is 5.75 Å². The fraction of sp³-hybridized carbons (Fsp3) is 0.450. The quantitative estimate of drug-likeness (QED) is 0.708. The molecule has 0 aliphatic carbocycles. The van der Waals surface area contributed by atoms with E-state index in [4.69, 9.17) is 9.47 Å². The largest absolute Gasteiger partial charge is 0.487 e. The number of thiazole rings is 1. The van der Waals surface area contributed by atoms with E-state index in [1.807, 2.05) is 19.2 Å². The lowest BCUT2D eigenvalue weighted by molar-refractivity contribution is -0.137. The summed E-state index contributed by atoms with van der Waals surface area (Å²) in [5, 5.41) is 2.96. The third-order valence-corrected chi connectivity index (χ3v) is 5.42. The van der Waals surface area contributed by atoms with Gasteiger partial charge >= 0.3 is 5.97 Å². The standard InChI is InChI=1S/C20H24N2O4S/c1-14-5-3-4-10-22(14)19(23)12-26-20(24)16-6-8-18(9-7-16)25-11-17-13-27-15(2)21-17/h6-9,13-14H,3-5,10-12H2,1-2H3/t14-/m0/s1. The normalized spacial score (nSPS) is 16.8. The van der Waals surface area contributed by atoms with Crippen LogP contribution in [0, 0.1) is 6.92 Å². The Bertz CT molecular complexity index is 788. The van der Waals surface area contributed by atoms with Crippen LogP contribution in [-0.2, 0) is 16.1 Å². The summed E-state index contributed by atoms with van der Waals surface area (Å²) in [5.41, 5.74) is 1.28. The molecule has 1 atom stereocenters. The SMILES string of the molecule is Cc1nc(COc2ccc(C(=O)OCC(=O)N3CCCC[C@@H]3C)cc2)cs1. The Kier molecular flexibility index (Phi) is 6.45. The van der Waals surface area contributed by atoms with Crippen molar-refractivity contribution in [1.82, 2.24) is 9.88 Å². The molecule has 7 heteroatoms. The fourth-order valence-electron chi connectivity index (χ4n) is 3.08. The van der Waals surface area contributed by atoms with Crippen LogP contribution >= 0.6 is 11.3 Å². The number of ether oxygens (including phenoxy) is 2. The molecule has 1 aliphatic rings. The molecule has 1 aromatic carbocycles. The molecule has 0 saturated carbocycles. The van der Waals surface area contributed by atoms with Gasteiger partial charge in [-0.15, -0.1) is 11.3 Å². The zero-order valence-electron chi connectivity index (χ0n) is 15.6. The second kappa shape index (κ2) is 8.99. The monoisotopic (exact) mass is 388 g/mol. The molecule has 1 fully saturated rings. The molecule has 0 spiro atoms. The summed E-state index contributed by atoms with van der Waals surface area (Å²) in [6.45, 7) is 4.89. The molecule has 6 nitrogen and oxygen atoms in total. The van der Waals surface area contributed by atoms with Crippen molar-refractivity contribution in [3.05, 3.63) is 45.9 Å². The van der Waals surface area contributed by atoms with Crippen molar-refractivity contribution < 1.29 is 19.1 Å².